The summed E-state index contributed by atoms with van der Waals surface area (Å²) in [6.07, 6.45) is 0. The third-order valence-electron chi connectivity index (χ3n) is 1.89. The minimum Gasteiger partial charge on any atom is -0.384 e. The van der Waals surface area contributed by atoms with Gasteiger partial charge in [-0.15, -0.1) is 12.4 Å². The number of aryl methyl sites for hydroxylation is 1. The van der Waals surface area contributed by atoms with Crippen molar-refractivity contribution in [3.05, 3.63) is 34.9 Å². The van der Waals surface area contributed by atoms with Crippen molar-refractivity contribution in [3.8, 4) is 0 Å². The number of halogens is 1. The maximum atomic E-state index is 7.25. The van der Waals surface area contributed by atoms with Crippen molar-refractivity contribution in [1.29, 1.82) is 5.41 Å². The van der Waals surface area contributed by atoms with Crippen LogP contribution in [-0.2, 0) is 0 Å². The molecule has 0 aliphatic heterocycles. The summed E-state index contributed by atoms with van der Waals surface area (Å²) in [4.78, 5) is 0. The van der Waals surface area contributed by atoms with Gasteiger partial charge >= 0.3 is 0 Å². The van der Waals surface area contributed by atoms with E-state index in [0.29, 0.717) is 0 Å². The lowest BCUT2D eigenvalue weighted by Crippen LogP contribution is -2.12. The highest BCUT2D eigenvalue weighted by Gasteiger charge is 2.01. The van der Waals surface area contributed by atoms with Crippen molar-refractivity contribution in [1.82, 2.24) is 0 Å². The molecule has 3 N–H and O–H groups in total. The Kier molecular flexibility index (Phi) is 3.77. The molecule has 0 bridgehead atoms. The Balaban J connectivity index is 0.00000121. The Morgan fingerprint density at radius 1 is 1.33 bits per heavy atom. The van der Waals surface area contributed by atoms with Crippen molar-refractivity contribution in [2.45, 2.75) is 13.8 Å². The summed E-state index contributed by atoms with van der Waals surface area (Å²) < 4.78 is 0. The molecular weight excluding hydrogens is 172 g/mol. The second-order valence-electron chi connectivity index (χ2n) is 2.66. The number of amidine groups is 1. The lowest BCUT2D eigenvalue weighted by atomic mass is 10.0. The van der Waals surface area contributed by atoms with E-state index >= 15 is 0 Å². The molecular formula is C9H13ClN2. The normalized spacial score (nSPS) is 8.83. The topological polar surface area (TPSA) is 49.9 Å². The molecule has 0 saturated heterocycles. The molecule has 1 aromatic rings. The first-order valence-corrected chi connectivity index (χ1v) is 3.53. The molecule has 3 heteroatoms. The Hall–Kier alpha value is -1.02. The van der Waals surface area contributed by atoms with Crippen molar-refractivity contribution in [2.75, 3.05) is 0 Å². The van der Waals surface area contributed by atoms with Gasteiger partial charge in [0, 0.05) is 5.56 Å². The minimum absolute atomic E-state index is 0. The molecule has 0 heterocycles. The minimum atomic E-state index is 0. The van der Waals surface area contributed by atoms with E-state index in [-0.39, 0.29) is 18.2 Å². The van der Waals surface area contributed by atoms with Crippen LogP contribution < -0.4 is 5.73 Å². The predicted molar refractivity (Wildman–Crippen MR) is 54.2 cm³/mol. The molecule has 12 heavy (non-hydrogen) atoms. The molecule has 0 amide bonds. The largest absolute Gasteiger partial charge is 0.384 e. The highest BCUT2D eigenvalue weighted by Crippen LogP contribution is 2.11. The summed E-state index contributed by atoms with van der Waals surface area (Å²) in [5.41, 5.74) is 8.48. The van der Waals surface area contributed by atoms with Crippen molar-refractivity contribution in [2.24, 2.45) is 5.73 Å². The fraction of sp³-hybridized carbons (Fsp3) is 0.222. The molecule has 0 spiro atoms. The summed E-state index contributed by atoms with van der Waals surface area (Å²) in [6.45, 7) is 3.99. The van der Waals surface area contributed by atoms with Gasteiger partial charge in [0.25, 0.3) is 0 Å². The monoisotopic (exact) mass is 184 g/mol. The third kappa shape index (κ3) is 1.98. The number of hydrogen-bond acceptors (Lipinski definition) is 1. The van der Waals surface area contributed by atoms with E-state index in [1.807, 2.05) is 32.0 Å². The number of nitrogens with one attached hydrogen (secondary N) is 1. The van der Waals surface area contributed by atoms with Gasteiger partial charge in [-0.25, -0.2) is 0 Å². The van der Waals surface area contributed by atoms with Crippen LogP contribution in [0.5, 0.6) is 0 Å². The molecule has 2 nitrogen and oxygen atoms in total. The van der Waals surface area contributed by atoms with Crippen LogP contribution in [0, 0.1) is 19.3 Å². The molecule has 0 aliphatic carbocycles. The van der Waals surface area contributed by atoms with E-state index in [9.17, 15) is 0 Å². The quantitative estimate of drug-likeness (QED) is 0.509. The molecule has 66 valence electrons. The fourth-order valence-electron chi connectivity index (χ4n) is 1.04. The second kappa shape index (κ2) is 4.12. The summed E-state index contributed by atoms with van der Waals surface area (Å²) >= 11 is 0. The van der Waals surface area contributed by atoms with Gasteiger partial charge in [-0.3, -0.25) is 5.41 Å². The number of nitrogen functional groups attached to an aromatic ring is 1. The van der Waals surface area contributed by atoms with Gasteiger partial charge in [-0.05, 0) is 25.0 Å². The first-order valence-electron chi connectivity index (χ1n) is 3.53. The SMILES string of the molecule is Cc1cccc(C(=N)N)c1C.Cl. The van der Waals surface area contributed by atoms with Crippen LogP contribution in [0.4, 0.5) is 0 Å². The third-order valence-corrected chi connectivity index (χ3v) is 1.89. The number of rotatable bonds is 1. The Bertz CT molecular complexity index is 295. The number of hydrogen-bond donors (Lipinski definition) is 2. The van der Waals surface area contributed by atoms with Crippen molar-refractivity contribution >= 4 is 18.2 Å². The number of nitrogens with two attached hydrogens (primary N) is 1. The molecule has 0 unspecified atom stereocenters. The zero-order valence-electron chi connectivity index (χ0n) is 7.22. The van der Waals surface area contributed by atoms with Crippen molar-refractivity contribution in [3.63, 3.8) is 0 Å². The van der Waals surface area contributed by atoms with Crippen LogP contribution >= 0.6 is 12.4 Å². The van der Waals surface area contributed by atoms with E-state index < -0.39 is 0 Å². The molecule has 1 aromatic carbocycles. The standard InChI is InChI=1S/C9H12N2.ClH/c1-6-4-3-5-8(7(6)2)9(10)11;/h3-5H,1-2H3,(H3,10,11);1H. The van der Waals surface area contributed by atoms with Gasteiger partial charge in [0.2, 0.25) is 0 Å². The molecule has 0 radical (unpaired) electrons. The fourth-order valence-corrected chi connectivity index (χ4v) is 1.04. The second-order valence-corrected chi connectivity index (χ2v) is 2.66. The number of benzene rings is 1. The summed E-state index contributed by atoms with van der Waals surface area (Å²) in [6, 6.07) is 5.80. The van der Waals surface area contributed by atoms with E-state index in [2.05, 4.69) is 0 Å². The van der Waals surface area contributed by atoms with Crippen LogP contribution in [0.15, 0.2) is 18.2 Å². The summed E-state index contributed by atoms with van der Waals surface area (Å²) in [5, 5.41) is 7.25. The molecule has 0 aromatic heterocycles. The Labute approximate surface area is 78.7 Å². The maximum absolute atomic E-state index is 7.25. The highest BCUT2D eigenvalue weighted by atomic mass is 35.5. The maximum Gasteiger partial charge on any atom is 0.123 e. The predicted octanol–water partition coefficient (Wildman–Crippen LogP) is 2.01. The van der Waals surface area contributed by atoms with E-state index in [1.165, 1.54) is 5.56 Å². The average molecular weight is 185 g/mol. The van der Waals surface area contributed by atoms with Gasteiger partial charge in [0.15, 0.2) is 0 Å². The Morgan fingerprint density at radius 2 is 1.92 bits per heavy atom. The lowest BCUT2D eigenvalue weighted by molar-refractivity contribution is 1.30. The Morgan fingerprint density at radius 3 is 2.33 bits per heavy atom. The lowest BCUT2D eigenvalue weighted by Gasteiger charge is -2.05. The smallest absolute Gasteiger partial charge is 0.123 e. The van der Waals surface area contributed by atoms with Gasteiger partial charge < -0.3 is 5.73 Å². The van der Waals surface area contributed by atoms with E-state index in [4.69, 9.17) is 11.1 Å². The van der Waals surface area contributed by atoms with Gasteiger partial charge in [-0.2, -0.15) is 0 Å². The van der Waals surface area contributed by atoms with Crippen molar-refractivity contribution < 1.29 is 0 Å². The average Bonchev–Trinajstić information content (AvgIpc) is 1.94. The van der Waals surface area contributed by atoms with Crippen LogP contribution in [0.2, 0.25) is 0 Å². The molecule has 0 aliphatic rings. The zero-order chi connectivity index (χ0) is 8.43. The van der Waals surface area contributed by atoms with Gasteiger partial charge in [0.05, 0.1) is 0 Å². The highest BCUT2D eigenvalue weighted by molar-refractivity contribution is 5.96. The van der Waals surface area contributed by atoms with E-state index in [0.717, 1.165) is 11.1 Å². The van der Waals surface area contributed by atoms with Gasteiger partial charge in [-0.1, -0.05) is 18.2 Å². The zero-order valence-corrected chi connectivity index (χ0v) is 8.03. The first-order chi connectivity index (χ1) is 5.13. The van der Waals surface area contributed by atoms with Gasteiger partial charge in [0.1, 0.15) is 5.84 Å². The van der Waals surface area contributed by atoms with Crippen LogP contribution in [0.3, 0.4) is 0 Å². The van der Waals surface area contributed by atoms with E-state index in [1.54, 1.807) is 0 Å². The van der Waals surface area contributed by atoms with Crippen LogP contribution in [-0.4, -0.2) is 5.84 Å². The molecule has 1 rings (SSSR count). The molecule has 0 fully saturated rings. The first kappa shape index (κ1) is 11.0. The molecule has 0 atom stereocenters. The van der Waals surface area contributed by atoms with Crippen LogP contribution in [0.25, 0.3) is 0 Å². The summed E-state index contributed by atoms with van der Waals surface area (Å²) in [7, 11) is 0. The van der Waals surface area contributed by atoms with Crippen LogP contribution in [0.1, 0.15) is 16.7 Å². The summed E-state index contributed by atoms with van der Waals surface area (Å²) in [5.74, 6) is 0.145. The molecule has 0 saturated carbocycles.